The maximum Gasteiger partial charge on any atom is 0.337 e. The van der Waals surface area contributed by atoms with E-state index in [1.54, 1.807) is 30.3 Å². The minimum Gasteiger partial charge on any atom is -0.488 e. The highest BCUT2D eigenvalue weighted by molar-refractivity contribution is 9.10. The second-order valence-corrected chi connectivity index (χ2v) is 8.95. The van der Waals surface area contributed by atoms with Crippen LogP contribution in [0, 0.1) is 0 Å². The van der Waals surface area contributed by atoms with Crippen LogP contribution < -0.4 is 15.0 Å². The van der Waals surface area contributed by atoms with Crippen molar-refractivity contribution in [3.8, 4) is 5.75 Å². The second kappa shape index (κ2) is 10.8. The fourth-order valence-corrected chi connectivity index (χ4v) is 3.92. The molecule has 3 aromatic carbocycles. The maximum absolute atomic E-state index is 13.3. The van der Waals surface area contributed by atoms with E-state index in [-0.39, 0.29) is 23.4 Å². The molecule has 10 heteroatoms. The Morgan fingerprint density at radius 1 is 1.03 bits per heavy atom. The van der Waals surface area contributed by atoms with Crippen LogP contribution >= 0.6 is 27.5 Å². The molecule has 36 heavy (non-hydrogen) atoms. The summed E-state index contributed by atoms with van der Waals surface area (Å²) in [5.74, 6) is -1.80. The molecule has 0 aliphatic carbocycles. The zero-order valence-electron chi connectivity index (χ0n) is 18.8. The van der Waals surface area contributed by atoms with Crippen molar-refractivity contribution >= 4 is 63.1 Å². The average molecular weight is 570 g/mol. The van der Waals surface area contributed by atoms with E-state index in [1.165, 1.54) is 37.5 Å². The van der Waals surface area contributed by atoms with Gasteiger partial charge in [0.2, 0.25) is 0 Å². The molecule has 1 aliphatic heterocycles. The van der Waals surface area contributed by atoms with Crippen molar-refractivity contribution in [1.29, 1.82) is 0 Å². The van der Waals surface area contributed by atoms with Gasteiger partial charge >= 0.3 is 12.0 Å². The van der Waals surface area contributed by atoms with Crippen LogP contribution in [0.4, 0.5) is 10.5 Å². The molecule has 4 amide bonds. The first-order chi connectivity index (χ1) is 17.3. The minimum absolute atomic E-state index is 0.178. The van der Waals surface area contributed by atoms with Crippen molar-refractivity contribution < 1.29 is 28.7 Å². The Morgan fingerprint density at radius 2 is 1.72 bits per heavy atom. The third kappa shape index (κ3) is 5.48. The number of hydrogen-bond donors (Lipinski definition) is 1. The van der Waals surface area contributed by atoms with Gasteiger partial charge in [0.15, 0.2) is 0 Å². The van der Waals surface area contributed by atoms with Gasteiger partial charge in [0.25, 0.3) is 11.8 Å². The molecule has 1 heterocycles. The Labute approximate surface area is 219 Å². The second-order valence-electron chi connectivity index (χ2n) is 7.59. The van der Waals surface area contributed by atoms with Crippen LogP contribution in [0.2, 0.25) is 5.02 Å². The number of carbonyl (C=O) groups is 4. The zero-order valence-corrected chi connectivity index (χ0v) is 21.1. The Bertz CT molecular complexity index is 1390. The zero-order chi connectivity index (χ0) is 25.8. The molecule has 0 bridgehead atoms. The van der Waals surface area contributed by atoms with Crippen LogP contribution in [-0.4, -0.2) is 30.9 Å². The van der Waals surface area contributed by atoms with Gasteiger partial charge in [0, 0.05) is 15.1 Å². The Balaban J connectivity index is 1.64. The number of rotatable bonds is 6. The fraction of sp³-hybridized carbons (Fsp3) is 0.0769. The SMILES string of the molecule is COC(=O)c1ccc(N2C(=O)NC(=O)/C(=C\c3cc(Br)ccc3OCc3ccc(Cl)cc3)C2=O)cc1. The number of benzene rings is 3. The van der Waals surface area contributed by atoms with Gasteiger partial charge in [-0.05, 0) is 66.2 Å². The number of nitrogens with one attached hydrogen (secondary N) is 1. The number of amides is 4. The van der Waals surface area contributed by atoms with Crippen LogP contribution in [0.5, 0.6) is 5.75 Å². The van der Waals surface area contributed by atoms with Crippen molar-refractivity contribution in [1.82, 2.24) is 5.32 Å². The molecule has 1 N–H and O–H groups in total. The number of nitrogens with zero attached hydrogens (tertiary/aromatic N) is 1. The molecular formula is C26H18BrClN2O6. The third-order valence-corrected chi connectivity index (χ3v) is 5.97. The van der Waals surface area contributed by atoms with E-state index in [2.05, 4.69) is 26.0 Å². The molecule has 1 saturated heterocycles. The quantitative estimate of drug-likeness (QED) is 0.251. The van der Waals surface area contributed by atoms with Crippen LogP contribution in [0.3, 0.4) is 0 Å². The predicted octanol–water partition coefficient (Wildman–Crippen LogP) is 5.13. The lowest BCUT2D eigenvalue weighted by Crippen LogP contribution is -2.54. The summed E-state index contributed by atoms with van der Waals surface area (Å²) in [6.07, 6.45) is 1.36. The summed E-state index contributed by atoms with van der Waals surface area (Å²) in [4.78, 5) is 50.9. The molecule has 0 spiro atoms. The molecule has 0 atom stereocenters. The molecular weight excluding hydrogens is 552 g/mol. The van der Waals surface area contributed by atoms with Crippen LogP contribution in [0.1, 0.15) is 21.5 Å². The average Bonchev–Trinajstić information content (AvgIpc) is 2.87. The van der Waals surface area contributed by atoms with E-state index in [9.17, 15) is 19.2 Å². The number of urea groups is 1. The fourth-order valence-electron chi connectivity index (χ4n) is 3.42. The minimum atomic E-state index is -0.901. The van der Waals surface area contributed by atoms with Gasteiger partial charge in [0.05, 0.1) is 18.4 Å². The summed E-state index contributed by atoms with van der Waals surface area (Å²) in [5, 5.41) is 2.78. The van der Waals surface area contributed by atoms with Crippen molar-refractivity contribution in [2.45, 2.75) is 6.61 Å². The highest BCUT2D eigenvalue weighted by atomic mass is 79.9. The summed E-state index contributed by atoms with van der Waals surface area (Å²) in [7, 11) is 1.25. The van der Waals surface area contributed by atoms with Gasteiger partial charge in [-0.2, -0.15) is 0 Å². The first-order valence-corrected chi connectivity index (χ1v) is 11.7. The van der Waals surface area contributed by atoms with E-state index in [4.69, 9.17) is 16.3 Å². The molecule has 0 radical (unpaired) electrons. The largest absolute Gasteiger partial charge is 0.488 e. The number of carbonyl (C=O) groups excluding carboxylic acids is 4. The Kier molecular flexibility index (Phi) is 7.52. The Morgan fingerprint density at radius 3 is 2.39 bits per heavy atom. The van der Waals surface area contributed by atoms with Crippen LogP contribution in [0.15, 0.2) is 76.8 Å². The number of methoxy groups -OCH3 is 1. The number of esters is 1. The maximum atomic E-state index is 13.3. The summed E-state index contributed by atoms with van der Waals surface area (Å²) < 4.78 is 11.3. The van der Waals surface area contributed by atoms with Gasteiger partial charge in [-0.25, -0.2) is 14.5 Å². The molecule has 4 rings (SSSR count). The number of anilines is 1. The van der Waals surface area contributed by atoms with E-state index >= 15 is 0 Å². The molecule has 1 fully saturated rings. The summed E-state index contributed by atoms with van der Waals surface area (Å²) in [6.45, 7) is 0.228. The molecule has 0 unspecified atom stereocenters. The van der Waals surface area contributed by atoms with Crippen molar-refractivity contribution in [2.24, 2.45) is 0 Å². The van der Waals surface area contributed by atoms with E-state index in [0.717, 1.165) is 10.5 Å². The molecule has 1 aliphatic rings. The lowest BCUT2D eigenvalue weighted by atomic mass is 10.1. The van der Waals surface area contributed by atoms with E-state index in [0.29, 0.717) is 20.8 Å². The van der Waals surface area contributed by atoms with Crippen LogP contribution in [-0.2, 0) is 20.9 Å². The van der Waals surface area contributed by atoms with Gasteiger partial charge in [-0.1, -0.05) is 39.7 Å². The molecule has 8 nitrogen and oxygen atoms in total. The van der Waals surface area contributed by atoms with Gasteiger partial charge < -0.3 is 9.47 Å². The highest BCUT2D eigenvalue weighted by Gasteiger charge is 2.37. The molecule has 182 valence electrons. The molecule has 0 saturated carbocycles. The lowest BCUT2D eigenvalue weighted by Gasteiger charge is -2.26. The van der Waals surface area contributed by atoms with Gasteiger partial charge in [0.1, 0.15) is 17.9 Å². The first kappa shape index (κ1) is 25.2. The number of ether oxygens (including phenoxy) is 2. The van der Waals surface area contributed by atoms with Crippen molar-refractivity contribution in [3.63, 3.8) is 0 Å². The summed E-state index contributed by atoms with van der Waals surface area (Å²) in [6, 6.07) is 17.1. The van der Waals surface area contributed by atoms with Gasteiger partial charge in [-0.3, -0.25) is 14.9 Å². The normalized spacial score (nSPS) is 14.6. The van der Waals surface area contributed by atoms with Crippen molar-refractivity contribution in [2.75, 3.05) is 12.0 Å². The predicted molar refractivity (Wildman–Crippen MR) is 137 cm³/mol. The first-order valence-electron chi connectivity index (χ1n) is 10.5. The topological polar surface area (TPSA) is 102 Å². The lowest BCUT2D eigenvalue weighted by molar-refractivity contribution is -0.122. The van der Waals surface area contributed by atoms with Crippen molar-refractivity contribution in [3.05, 3.63) is 98.5 Å². The number of halogens is 2. The standard InChI is InChI=1S/C26H18BrClN2O6/c1-35-25(33)16-4-9-20(10-5-16)30-24(32)21(23(31)29-26(30)34)13-17-12-18(27)6-11-22(17)36-14-15-2-7-19(28)8-3-15/h2-13H,14H2,1H3,(H,29,31,34)/b21-13+. The number of hydrogen-bond acceptors (Lipinski definition) is 6. The third-order valence-electron chi connectivity index (χ3n) is 5.23. The number of imide groups is 2. The Hall–Kier alpha value is -3.95. The monoisotopic (exact) mass is 568 g/mol. The highest BCUT2D eigenvalue weighted by Crippen LogP contribution is 2.29. The van der Waals surface area contributed by atoms with E-state index < -0.39 is 23.8 Å². The molecule has 3 aromatic rings. The van der Waals surface area contributed by atoms with Crippen LogP contribution in [0.25, 0.3) is 6.08 Å². The summed E-state index contributed by atoms with van der Waals surface area (Å²) >= 11 is 9.32. The smallest absolute Gasteiger partial charge is 0.337 e. The number of barbiturate groups is 1. The van der Waals surface area contributed by atoms with E-state index in [1.807, 2.05) is 12.1 Å². The van der Waals surface area contributed by atoms with Gasteiger partial charge in [-0.15, -0.1) is 0 Å². The summed E-state index contributed by atoms with van der Waals surface area (Å²) in [5.41, 5.74) is 1.49. The molecule has 0 aromatic heterocycles.